The maximum atomic E-state index is 12.6. The van der Waals surface area contributed by atoms with Crippen LogP contribution in [-0.2, 0) is 6.42 Å². The Morgan fingerprint density at radius 2 is 1.76 bits per heavy atom. The molecule has 21 heavy (non-hydrogen) atoms. The van der Waals surface area contributed by atoms with Crippen molar-refractivity contribution in [1.82, 2.24) is 0 Å². The van der Waals surface area contributed by atoms with Gasteiger partial charge in [-0.05, 0) is 37.5 Å². The van der Waals surface area contributed by atoms with E-state index in [0.29, 0.717) is 17.5 Å². The number of carbonyl (C=O) groups is 1. The van der Waals surface area contributed by atoms with Crippen molar-refractivity contribution in [3.8, 4) is 11.5 Å². The van der Waals surface area contributed by atoms with Crippen molar-refractivity contribution >= 4 is 5.78 Å². The predicted octanol–water partition coefficient (Wildman–Crippen LogP) is 3.98. The van der Waals surface area contributed by atoms with E-state index in [0.717, 1.165) is 18.4 Å². The van der Waals surface area contributed by atoms with Crippen LogP contribution in [0.4, 0.5) is 0 Å². The Balaban J connectivity index is 2.45. The van der Waals surface area contributed by atoms with E-state index in [-0.39, 0.29) is 22.8 Å². The van der Waals surface area contributed by atoms with Gasteiger partial charge in [0.15, 0.2) is 5.78 Å². The fourth-order valence-electron chi connectivity index (χ4n) is 2.38. The van der Waals surface area contributed by atoms with Crippen LogP contribution in [0.3, 0.4) is 0 Å². The van der Waals surface area contributed by atoms with Gasteiger partial charge < -0.3 is 10.2 Å². The van der Waals surface area contributed by atoms with Gasteiger partial charge in [0.25, 0.3) is 0 Å². The third-order valence-electron chi connectivity index (χ3n) is 3.67. The van der Waals surface area contributed by atoms with Gasteiger partial charge in [-0.25, -0.2) is 0 Å². The molecule has 2 rings (SSSR count). The SMILES string of the molecule is CCCCc1c(O)ccc(C(=O)c2ccccc2C)c1O. The number of rotatable bonds is 5. The van der Waals surface area contributed by atoms with Gasteiger partial charge in [-0.1, -0.05) is 37.6 Å². The zero-order chi connectivity index (χ0) is 15.4. The Hall–Kier alpha value is -2.29. The average Bonchev–Trinajstić information content (AvgIpc) is 2.47. The normalized spacial score (nSPS) is 10.6. The lowest BCUT2D eigenvalue weighted by Gasteiger charge is -2.12. The van der Waals surface area contributed by atoms with Gasteiger partial charge in [0.1, 0.15) is 11.5 Å². The number of phenolic OH excluding ortho intramolecular Hbond substituents is 2. The zero-order valence-corrected chi connectivity index (χ0v) is 12.4. The summed E-state index contributed by atoms with van der Waals surface area (Å²) in [5.41, 5.74) is 2.13. The Kier molecular flexibility index (Phi) is 4.63. The second kappa shape index (κ2) is 6.44. The summed E-state index contributed by atoms with van der Waals surface area (Å²) in [4.78, 5) is 12.6. The first-order valence-corrected chi connectivity index (χ1v) is 7.20. The van der Waals surface area contributed by atoms with E-state index in [1.54, 1.807) is 12.1 Å². The number of aryl methyl sites for hydroxylation is 1. The highest BCUT2D eigenvalue weighted by Gasteiger charge is 2.19. The molecule has 3 nitrogen and oxygen atoms in total. The minimum atomic E-state index is -0.219. The van der Waals surface area contributed by atoms with Gasteiger partial charge in [-0.3, -0.25) is 4.79 Å². The van der Waals surface area contributed by atoms with Crippen molar-refractivity contribution in [3.63, 3.8) is 0 Å². The monoisotopic (exact) mass is 284 g/mol. The molecule has 2 aromatic rings. The molecule has 0 atom stereocenters. The Morgan fingerprint density at radius 1 is 1.05 bits per heavy atom. The Labute approximate surface area is 124 Å². The molecule has 0 fully saturated rings. The van der Waals surface area contributed by atoms with Crippen molar-refractivity contribution in [3.05, 3.63) is 58.7 Å². The highest BCUT2D eigenvalue weighted by Crippen LogP contribution is 2.33. The second-order valence-electron chi connectivity index (χ2n) is 5.21. The van der Waals surface area contributed by atoms with Crippen molar-refractivity contribution in [2.75, 3.05) is 0 Å². The Morgan fingerprint density at radius 3 is 2.43 bits per heavy atom. The summed E-state index contributed by atoms with van der Waals surface area (Å²) in [6, 6.07) is 10.2. The van der Waals surface area contributed by atoms with Crippen molar-refractivity contribution in [2.45, 2.75) is 33.1 Å². The van der Waals surface area contributed by atoms with E-state index >= 15 is 0 Å². The number of unbranched alkanes of at least 4 members (excludes halogenated alkanes) is 1. The lowest BCUT2D eigenvalue weighted by molar-refractivity contribution is 0.103. The first-order chi connectivity index (χ1) is 10.1. The zero-order valence-electron chi connectivity index (χ0n) is 12.4. The molecule has 0 aromatic heterocycles. The molecule has 0 saturated heterocycles. The molecule has 0 heterocycles. The topological polar surface area (TPSA) is 57.5 Å². The molecule has 0 aliphatic rings. The van der Waals surface area contributed by atoms with Gasteiger partial charge in [-0.15, -0.1) is 0 Å². The number of phenols is 2. The summed E-state index contributed by atoms with van der Waals surface area (Å²) in [5, 5.41) is 20.2. The quantitative estimate of drug-likeness (QED) is 0.816. The van der Waals surface area contributed by atoms with Crippen molar-refractivity contribution in [1.29, 1.82) is 0 Å². The van der Waals surface area contributed by atoms with E-state index in [4.69, 9.17) is 0 Å². The van der Waals surface area contributed by atoms with E-state index in [1.165, 1.54) is 12.1 Å². The first kappa shape index (κ1) is 15.1. The first-order valence-electron chi connectivity index (χ1n) is 7.20. The molecular formula is C18H20O3. The number of hydrogen-bond donors (Lipinski definition) is 2. The molecule has 0 aliphatic heterocycles. The van der Waals surface area contributed by atoms with Crippen LogP contribution in [-0.4, -0.2) is 16.0 Å². The summed E-state index contributed by atoms with van der Waals surface area (Å²) < 4.78 is 0. The second-order valence-corrected chi connectivity index (χ2v) is 5.21. The molecule has 0 spiro atoms. The maximum absolute atomic E-state index is 12.6. The molecule has 0 unspecified atom stereocenters. The van der Waals surface area contributed by atoms with Crippen LogP contribution in [0, 0.1) is 6.92 Å². The number of aromatic hydroxyl groups is 2. The predicted molar refractivity (Wildman–Crippen MR) is 83.0 cm³/mol. The minimum absolute atomic E-state index is 0.0438. The highest BCUT2D eigenvalue weighted by molar-refractivity contribution is 6.11. The van der Waals surface area contributed by atoms with E-state index < -0.39 is 0 Å². The summed E-state index contributed by atoms with van der Waals surface area (Å²) in [7, 11) is 0. The maximum Gasteiger partial charge on any atom is 0.197 e. The molecule has 3 heteroatoms. The van der Waals surface area contributed by atoms with Crippen molar-refractivity contribution < 1.29 is 15.0 Å². The van der Waals surface area contributed by atoms with Crippen LogP contribution < -0.4 is 0 Å². The molecule has 2 N–H and O–H groups in total. The summed E-state index contributed by atoms with van der Waals surface area (Å²) in [5.74, 6) is -0.276. The molecule has 110 valence electrons. The standard InChI is InChI=1S/C18H20O3/c1-3-4-8-14-16(19)11-10-15(18(14)21)17(20)13-9-6-5-7-12(13)2/h5-7,9-11,19,21H,3-4,8H2,1-2H3. The fourth-order valence-corrected chi connectivity index (χ4v) is 2.38. The van der Waals surface area contributed by atoms with Gasteiger partial charge in [-0.2, -0.15) is 0 Å². The third kappa shape index (κ3) is 3.07. The molecular weight excluding hydrogens is 264 g/mol. The van der Waals surface area contributed by atoms with Crippen LogP contribution in [0.5, 0.6) is 11.5 Å². The van der Waals surface area contributed by atoms with Crippen LogP contribution in [0.2, 0.25) is 0 Å². The van der Waals surface area contributed by atoms with Gasteiger partial charge >= 0.3 is 0 Å². The van der Waals surface area contributed by atoms with Gasteiger partial charge in [0.05, 0.1) is 5.56 Å². The van der Waals surface area contributed by atoms with Crippen LogP contribution in [0.1, 0.15) is 46.8 Å². The summed E-state index contributed by atoms with van der Waals surface area (Å²) in [6.45, 7) is 3.90. The minimum Gasteiger partial charge on any atom is -0.508 e. The van der Waals surface area contributed by atoms with Crippen LogP contribution >= 0.6 is 0 Å². The lowest BCUT2D eigenvalue weighted by atomic mass is 9.95. The molecule has 0 saturated carbocycles. The van der Waals surface area contributed by atoms with Crippen LogP contribution in [0.25, 0.3) is 0 Å². The van der Waals surface area contributed by atoms with Crippen LogP contribution in [0.15, 0.2) is 36.4 Å². The fraction of sp³-hybridized carbons (Fsp3) is 0.278. The smallest absolute Gasteiger partial charge is 0.197 e. The summed E-state index contributed by atoms with van der Waals surface area (Å²) in [6.07, 6.45) is 2.36. The molecule has 0 bridgehead atoms. The summed E-state index contributed by atoms with van der Waals surface area (Å²) >= 11 is 0. The third-order valence-corrected chi connectivity index (χ3v) is 3.67. The van der Waals surface area contributed by atoms with Crippen molar-refractivity contribution in [2.24, 2.45) is 0 Å². The molecule has 0 radical (unpaired) electrons. The van der Waals surface area contributed by atoms with Gasteiger partial charge in [0.2, 0.25) is 0 Å². The number of benzene rings is 2. The number of ketones is 1. The number of hydrogen-bond acceptors (Lipinski definition) is 3. The molecule has 2 aromatic carbocycles. The Bertz CT molecular complexity index is 660. The highest BCUT2D eigenvalue weighted by atomic mass is 16.3. The average molecular weight is 284 g/mol. The largest absolute Gasteiger partial charge is 0.508 e. The van der Waals surface area contributed by atoms with E-state index in [1.807, 2.05) is 26.0 Å². The lowest BCUT2D eigenvalue weighted by Crippen LogP contribution is -2.05. The molecule has 0 aliphatic carbocycles. The van der Waals surface area contributed by atoms with E-state index in [2.05, 4.69) is 0 Å². The van der Waals surface area contributed by atoms with Gasteiger partial charge in [0, 0.05) is 11.1 Å². The molecule has 0 amide bonds. The van der Waals surface area contributed by atoms with E-state index in [9.17, 15) is 15.0 Å². The number of carbonyl (C=O) groups excluding carboxylic acids is 1.